The second kappa shape index (κ2) is 7.17. The van der Waals surface area contributed by atoms with Crippen LogP contribution in [-0.4, -0.2) is 47.8 Å². The normalized spacial score (nSPS) is 21.7. The van der Waals surface area contributed by atoms with Crippen molar-refractivity contribution in [1.82, 2.24) is 15.4 Å². The quantitative estimate of drug-likeness (QED) is 0.857. The highest BCUT2D eigenvalue weighted by molar-refractivity contribution is 5.91. The zero-order chi connectivity index (χ0) is 18.0. The van der Waals surface area contributed by atoms with E-state index in [1.54, 1.807) is 12.1 Å². The zero-order valence-corrected chi connectivity index (χ0v) is 14.5. The summed E-state index contributed by atoms with van der Waals surface area (Å²) in [6, 6.07) is 8.44. The predicted octanol–water partition coefficient (Wildman–Crippen LogP) is 2.22. The van der Waals surface area contributed by atoms with Crippen molar-refractivity contribution in [3.63, 3.8) is 0 Å². The van der Waals surface area contributed by atoms with Gasteiger partial charge in [-0.3, -0.25) is 9.69 Å². The monoisotopic (exact) mass is 359 g/mol. The van der Waals surface area contributed by atoms with Gasteiger partial charge in [0.25, 0.3) is 5.91 Å². The highest BCUT2D eigenvalue weighted by Gasteiger charge is 2.52. The molecule has 1 amide bonds. The van der Waals surface area contributed by atoms with Crippen LogP contribution in [-0.2, 0) is 11.3 Å². The number of carbonyl (C=O) groups excluding carboxylic acids is 1. The van der Waals surface area contributed by atoms with E-state index in [0.717, 1.165) is 38.1 Å². The Balaban J connectivity index is 1.26. The van der Waals surface area contributed by atoms with Crippen LogP contribution in [0.2, 0.25) is 0 Å². The molecule has 26 heavy (non-hydrogen) atoms. The third-order valence-corrected chi connectivity index (χ3v) is 5.37. The van der Waals surface area contributed by atoms with Crippen LogP contribution >= 0.6 is 0 Å². The van der Waals surface area contributed by atoms with Crippen molar-refractivity contribution in [3.05, 3.63) is 53.7 Å². The first-order chi connectivity index (χ1) is 12.7. The molecular weight excluding hydrogens is 337 g/mol. The number of carbonyl (C=O) groups is 1. The molecular formula is C19H22FN3O3. The van der Waals surface area contributed by atoms with Gasteiger partial charge >= 0.3 is 0 Å². The van der Waals surface area contributed by atoms with Gasteiger partial charge in [0.2, 0.25) is 5.76 Å². The van der Waals surface area contributed by atoms with Crippen molar-refractivity contribution in [2.75, 3.05) is 26.2 Å². The van der Waals surface area contributed by atoms with E-state index in [-0.39, 0.29) is 23.1 Å². The molecule has 1 aromatic carbocycles. The van der Waals surface area contributed by atoms with Crippen LogP contribution in [0, 0.1) is 11.7 Å². The molecule has 4 rings (SSSR count). The summed E-state index contributed by atoms with van der Waals surface area (Å²) in [4.78, 5) is 14.1. The number of rotatable bonds is 6. The Morgan fingerprint density at radius 1 is 1.35 bits per heavy atom. The summed E-state index contributed by atoms with van der Waals surface area (Å²) >= 11 is 0. The molecule has 0 radical (unpaired) electrons. The average molecular weight is 359 g/mol. The minimum absolute atomic E-state index is 0.151. The fourth-order valence-electron chi connectivity index (χ4n) is 4.01. The number of benzene rings is 1. The topological polar surface area (TPSA) is 67.6 Å². The lowest BCUT2D eigenvalue weighted by molar-refractivity contribution is -0.137. The van der Waals surface area contributed by atoms with Crippen LogP contribution in [0.25, 0.3) is 0 Å². The van der Waals surface area contributed by atoms with Gasteiger partial charge in [-0.05, 0) is 24.8 Å². The molecule has 138 valence electrons. The van der Waals surface area contributed by atoms with Gasteiger partial charge in [0, 0.05) is 44.4 Å². The van der Waals surface area contributed by atoms with Crippen molar-refractivity contribution < 1.29 is 18.4 Å². The van der Waals surface area contributed by atoms with E-state index in [4.69, 9.17) is 9.26 Å². The number of ether oxygens (including phenoxy) is 1. The van der Waals surface area contributed by atoms with Gasteiger partial charge in [-0.2, -0.15) is 0 Å². The van der Waals surface area contributed by atoms with Crippen LogP contribution in [0.3, 0.4) is 0 Å². The summed E-state index contributed by atoms with van der Waals surface area (Å²) in [7, 11) is 0. The molecule has 2 fully saturated rings. The Morgan fingerprint density at radius 3 is 2.96 bits per heavy atom. The lowest BCUT2D eigenvalue weighted by Crippen LogP contribution is -2.64. The van der Waals surface area contributed by atoms with Gasteiger partial charge in [0.05, 0.1) is 11.8 Å². The third-order valence-electron chi connectivity index (χ3n) is 5.37. The summed E-state index contributed by atoms with van der Waals surface area (Å²) < 4.78 is 24.7. The number of nitrogens with zero attached hydrogens (tertiary/aromatic N) is 2. The van der Waals surface area contributed by atoms with Crippen LogP contribution in [0.4, 0.5) is 4.39 Å². The number of hydrogen-bond donors (Lipinski definition) is 1. The first kappa shape index (κ1) is 17.2. The second-order valence-electron chi connectivity index (χ2n) is 7.06. The van der Waals surface area contributed by atoms with Gasteiger partial charge in [0.15, 0.2) is 0 Å². The minimum Gasteiger partial charge on any atom is -0.372 e. The van der Waals surface area contributed by atoms with Crippen LogP contribution in [0.1, 0.15) is 29.0 Å². The molecule has 1 atom stereocenters. The number of nitrogens with one attached hydrogen (secondary N) is 1. The summed E-state index contributed by atoms with van der Waals surface area (Å²) in [6.07, 6.45) is 3.30. The third kappa shape index (κ3) is 3.37. The summed E-state index contributed by atoms with van der Waals surface area (Å²) in [5, 5.41) is 6.40. The van der Waals surface area contributed by atoms with E-state index in [0.29, 0.717) is 19.0 Å². The van der Waals surface area contributed by atoms with Crippen LogP contribution < -0.4 is 5.32 Å². The molecule has 2 saturated heterocycles. The Labute approximate surface area is 151 Å². The number of hydrogen-bond acceptors (Lipinski definition) is 5. The van der Waals surface area contributed by atoms with E-state index >= 15 is 0 Å². The molecule has 0 saturated carbocycles. The van der Waals surface area contributed by atoms with Crippen molar-refractivity contribution in [2.24, 2.45) is 5.92 Å². The number of aromatic nitrogens is 1. The summed E-state index contributed by atoms with van der Waals surface area (Å²) in [6.45, 7) is 3.54. The van der Waals surface area contributed by atoms with E-state index in [1.807, 2.05) is 12.1 Å². The van der Waals surface area contributed by atoms with Crippen molar-refractivity contribution in [1.29, 1.82) is 0 Å². The largest absolute Gasteiger partial charge is 0.372 e. The molecule has 7 heteroatoms. The van der Waals surface area contributed by atoms with Crippen LogP contribution in [0.15, 0.2) is 41.1 Å². The first-order valence-corrected chi connectivity index (χ1v) is 8.95. The first-order valence-electron chi connectivity index (χ1n) is 8.95. The fourth-order valence-corrected chi connectivity index (χ4v) is 4.01. The van der Waals surface area contributed by atoms with Crippen molar-refractivity contribution in [2.45, 2.75) is 25.0 Å². The maximum absolute atomic E-state index is 13.8. The number of amides is 1. The fraction of sp³-hybridized carbons (Fsp3) is 0.474. The molecule has 1 N–H and O–H groups in total. The van der Waals surface area contributed by atoms with E-state index in [9.17, 15) is 9.18 Å². The van der Waals surface area contributed by atoms with Crippen molar-refractivity contribution >= 4 is 5.91 Å². The molecule has 2 aliphatic heterocycles. The molecule has 0 aliphatic carbocycles. The summed E-state index contributed by atoms with van der Waals surface area (Å²) in [5.41, 5.74) is 0.568. The SMILES string of the molecule is O=C(NCC[C@@H]1CCOC12CN(Cc1ccccc1F)C2)c1ccno1. The van der Waals surface area contributed by atoms with Gasteiger partial charge < -0.3 is 14.6 Å². The average Bonchev–Trinajstić information content (AvgIpc) is 3.26. The van der Waals surface area contributed by atoms with Gasteiger partial charge in [-0.15, -0.1) is 0 Å². The highest BCUT2D eigenvalue weighted by Crippen LogP contribution is 2.42. The Kier molecular flexibility index (Phi) is 4.74. The Bertz CT molecular complexity index is 759. The molecule has 2 aliphatic rings. The zero-order valence-electron chi connectivity index (χ0n) is 14.5. The van der Waals surface area contributed by atoms with E-state index in [2.05, 4.69) is 15.4 Å². The lowest BCUT2D eigenvalue weighted by atomic mass is 9.78. The second-order valence-corrected chi connectivity index (χ2v) is 7.06. The van der Waals surface area contributed by atoms with E-state index in [1.165, 1.54) is 12.3 Å². The lowest BCUT2D eigenvalue weighted by Gasteiger charge is -2.50. The molecule has 0 unspecified atom stereocenters. The predicted molar refractivity (Wildman–Crippen MR) is 91.9 cm³/mol. The van der Waals surface area contributed by atoms with Gasteiger partial charge in [-0.1, -0.05) is 23.4 Å². The highest BCUT2D eigenvalue weighted by atomic mass is 19.1. The molecule has 6 nitrogen and oxygen atoms in total. The van der Waals surface area contributed by atoms with E-state index < -0.39 is 0 Å². The molecule has 2 aromatic rings. The molecule has 1 aromatic heterocycles. The maximum atomic E-state index is 13.8. The smallest absolute Gasteiger partial charge is 0.289 e. The minimum atomic E-state index is -0.245. The Hall–Kier alpha value is -2.25. The standard InChI is InChI=1S/C19H22FN3O3/c20-16-4-2-1-3-14(16)11-23-12-19(13-23)15(7-10-25-19)5-8-21-18(24)17-6-9-22-26-17/h1-4,6,9,15H,5,7-8,10-13H2,(H,21,24)/t15-/m1/s1. The van der Waals surface area contributed by atoms with Crippen LogP contribution in [0.5, 0.6) is 0 Å². The van der Waals surface area contributed by atoms with Gasteiger partial charge in [-0.25, -0.2) is 4.39 Å². The molecule has 1 spiro atoms. The molecule has 3 heterocycles. The summed E-state index contributed by atoms with van der Waals surface area (Å²) in [5.74, 6) is 0.217. The number of halogens is 1. The van der Waals surface area contributed by atoms with Crippen molar-refractivity contribution in [3.8, 4) is 0 Å². The number of likely N-dealkylation sites (tertiary alicyclic amines) is 1. The molecule has 0 bridgehead atoms. The Morgan fingerprint density at radius 2 is 2.19 bits per heavy atom. The maximum Gasteiger partial charge on any atom is 0.289 e. The van der Waals surface area contributed by atoms with Gasteiger partial charge in [0.1, 0.15) is 5.82 Å².